The number of carbonyl (C=O) groups excluding carboxylic acids is 1. The maximum Gasteiger partial charge on any atom is 0.230 e. The minimum atomic E-state index is -0.0611. The van der Waals surface area contributed by atoms with Crippen LogP contribution in [0.2, 0.25) is 0 Å². The summed E-state index contributed by atoms with van der Waals surface area (Å²) >= 11 is 1.41. The number of amides is 1. The van der Waals surface area contributed by atoms with E-state index >= 15 is 0 Å². The second kappa shape index (κ2) is 8.79. The first kappa shape index (κ1) is 19.0. The van der Waals surface area contributed by atoms with Crippen LogP contribution in [0.25, 0.3) is 16.7 Å². The van der Waals surface area contributed by atoms with Gasteiger partial charge in [0.1, 0.15) is 5.75 Å². The fourth-order valence-corrected chi connectivity index (χ4v) is 3.81. The van der Waals surface area contributed by atoms with E-state index in [4.69, 9.17) is 9.72 Å². The third-order valence-electron chi connectivity index (χ3n) is 4.39. The van der Waals surface area contributed by atoms with Gasteiger partial charge in [0, 0.05) is 11.9 Å². The number of imidazole rings is 1. The lowest BCUT2D eigenvalue weighted by Gasteiger charge is -2.10. The van der Waals surface area contributed by atoms with E-state index in [0.717, 1.165) is 33.3 Å². The molecule has 1 N–H and O–H groups in total. The minimum Gasteiger partial charge on any atom is -0.497 e. The summed E-state index contributed by atoms with van der Waals surface area (Å²) in [6.45, 7) is 0.412. The monoisotopic (exact) mass is 404 g/mol. The van der Waals surface area contributed by atoms with Crippen molar-refractivity contribution >= 4 is 28.7 Å². The van der Waals surface area contributed by atoms with Crippen molar-refractivity contribution in [2.24, 2.45) is 0 Å². The Morgan fingerprint density at radius 3 is 2.62 bits per heavy atom. The summed E-state index contributed by atoms with van der Waals surface area (Å²) in [6, 6.07) is 21.4. The van der Waals surface area contributed by atoms with Gasteiger partial charge in [-0.1, -0.05) is 30.0 Å². The highest BCUT2D eigenvalue weighted by molar-refractivity contribution is 7.99. The van der Waals surface area contributed by atoms with Gasteiger partial charge < -0.3 is 10.1 Å². The van der Waals surface area contributed by atoms with Gasteiger partial charge in [-0.3, -0.25) is 14.3 Å². The molecule has 2 heterocycles. The van der Waals surface area contributed by atoms with Crippen molar-refractivity contribution in [3.05, 3.63) is 78.6 Å². The second-order valence-corrected chi connectivity index (χ2v) is 7.25. The van der Waals surface area contributed by atoms with Crippen molar-refractivity contribution in [1.29, 1.82) is 0 Å². The Balaban J connectivity index is 1.53. The van der Waals surface area contributed by atoms with Crippen LogP contribution >= 0.6 is 11.8 Å². The van der Waals surface area contributed by atoms with Crippen molar-refractivity contribution in [2.75, 3.05) is 12.9 Å². The number of thioether (sulfide) groups is 1. The molecule has 2 aromatic heterocycles. The molecule has 4 aromatic rings. The molecular formula is C22H20N4O2S. The first-order chi connectivity index (χ1) is 14.2. The second-order valence-electron chi connectivity index (χ2n) is 6.30. The van der Waals surface area contributed by atoms with Gasteiger partial charge in [0.15, 0.2) is 5.16 Å². The molecule has 0 saturated heterocycles. The molecule has 0 fully saturated rings. The lowest BCUT2D eigenvalue weighted by molar-refractivity contribution is -0.118. The number of fused-ring (bicyclic) bond motifs is 1. The number of rotatable bonds is 7. The lowest BCUT2D eigenvalue weighted by Crippen LogP contribution is -2.25. The number of hydrogen-bond acceptors (Lipinski definition) is 5. The molecule has 0 bridgehead atoms. The summed E-state index contributed by atoms with van der Waals surface area (Å²) < 4.78 is 7.32. The first-order valence-corrected chi connectivity index (χ1v) is 10.1. The zero-order valence-corrected chi connectivity index (χ0v) is 16.7. The van der Waals surface area contributed by atoms with E-state index < -0.39 is 0 Å². The number of pyridine rings is 1. The van der Waals surface area contributed by atoms with Gasteiger partial charge in [0.2, 0.25) is 5.91 Å². The third kappa shape index (κ3) is 4.41. The average molecular weight is 404 g/mol. The zero-order valence-electron chi connectivity index (χ0n) is 15.9. The number of ether oxygens (including phenoxy) is 1. The Morgan fingerprint density at radius 2 is 1.86 bits per heavy atom. The van der Waals surface area contributed by atoms with Crippen LogP contribution in [-0.4, -0.2) is 33.3 Å². The summed E-state index contributed by atoms with van der Waals surface area (Å²) in [7, 11) is 1.65. The molecule has 0 aliphatic heterocycles. The number of nitrogens with one attached hydrogen (secondary N) is 1. The molecule has 4 rings (SSSR count). The van der Waals surface area contributed by atoms with E-state index in [-0.39, 0.29) is 11.7 Å². The van der Waals surface area contributed by atoms with Gasteiger partial charge in [0.05, 0.1) is 36.1 Å². The van der Waals surface area contributed by atoms with Crippen LogP contribution in [0.5, 0.6) is 5.75 Å². The van der Waals surface area contributed by atoms with Crippen molar-refractivity contribution in [3.63, 3.8) is 0 Å². The fourth-order valence-electron chi connectivity index (χ4n) is 2.95. The third-order valence-corrected chi connectivity index (χ3v) is 5.32. The van der Waals surface area contributed by atoms with Crippen LogP contribution < -0.4 is 10.1 Å². The van der Waals surface area contributed by atoms with Crippen molar-refractivity contribution in [3.8, 4) is 11.4 Å². The number of methoxy groups -OCH3 is 1. The summed E-state index contributed by atoms with van der Waals surface area (Å²) in [6.07, 6.45) is 1.72. The minimum absolute atomic E-state index is 0.0611. The summed E-state index contributed by atoms with van der Waals surface area (Å²) in [5.74, 6) is 1.00. The van der Waals surface area contributed by atoms with Crippen LogP contribution in [0.1, 0.15) is 5.69 Å². The van der Waals surface area contributed by atoms with Gasteiger partial charge in [-0.2, -0.15) is 0 Å². The Morgan fingerprint density at radius 1 is 1.07 bits per heavy atom. The molecule has 7 heteroatoms. The largest absolute Gasteiger partial charge is 0.497 e. The highest BCUT2D eigenvalue weighted by Crippen LogP contribution is 2.28. The first-order valence-electron chi connectivity index (χ1n) is 9.16. The molecule has 0 spiro atoms. The maximum atomic E-state index is 12.3. The van der Waals surface area contributed by atoms with E-state index in [0.29, 0.717) is 6.54 Å². The van der Waals surface area contributed by atoms with E-state index in [2.05, 4.69) is 14.9 Å². The van der Waals surface area contributed by atoms with E-state index in [1.54, 1.807) is 13.3 Å². The van der Waals surface area contributed by atoms with Crippen molar-refractivity contribution in [1.82, 2.24) is 19.9 Å². The normalized spacial score (nSPS) is 10.8. The molecule has 1 amide bonds. The van der Waals surface area contributed by atoms with Gasteiger partial charge in [-0.05, 0) is 48.5 Å². The van der Waals surface area contributed by atoms with Crippen LogP contribution in [0.3, 0.4) is 0 Å². The molecule has 29 heavy (non-hydrogen) atoms. The Kier molecular flexibility index (Phi) is 5.76. The van der Waals surface area contributed by atoms with Crippen molar-refractivity contribution in [2.45, 2.75) is 11.7 Å². The number of carbonyl (C=O) groups is 1. The molecular weight excluding hydrogens is 384 g/mol. The van der Waals surface area contributed by atoms with Gasteiger partial charge in [-0.25, -0.2) is 4.98 Å². The molecule has 0 atom stereocenters. The Bertz CT molecular complexity index is 1110. The topological polar surface area (TPSA) is 69.0 Å². The fraction of sp³-hybridized carbons (Fsp3) is 0.136. The smallest absolute Gasteiger partial charge is 0.230 e. The molecule has 146 valence electrons. The number of hydrogen-bond donors (Lipinski definition) is 1. The highest BCUT2D eigenvalue weighted by Gasteiger charge is 2.14. The number of para-hydroxylation sites is 2. The Hall–Kier alpha value is -3.32. The van der Waals surface area contributed by atoms with E-state index in [1.165, 1.54) is 11.8 Å². The van der Waals surface area contributed by atoms with Crippen LogP contribution in [-0.2, 0) is 11.3 Å². The van der Waals surface area contributed by atoms with Gasteiger partial charge in [-0.15, -0.1) is 0 Å². The van der Waals surface area contributed by atoms with E-state index in [9.17, 15) is 4.79 Å². The maximum absolute atomic E-state index is 12.3. The highest BCUT2D eigenvalue weighted by atomic mass is 32.2. The zero-order chi connectivity index (χ0) is 20.1. The molecule has 0 unspecified atom stereocenters. The summed E-state index contributed by atoms with van der Waals surface area (Å²) in [5, 5.41) is 3.67. The summed E-state index contributed by atoms with van der Waals surface area (Å²) in [4.78, 5) is 21.3. The lowest BCUT2D eigenvalue weighted by atomic mass is 10.2. The van der Waals surface area contributed by atoms with E-state index in [1.807, 2.05) is 66.7 Å². The molecule has 0 aliphatic rings. The Labute approximate surface area is 172 Å². The van der Waals surface area contributed by atoms with Gasteiger partial charge >= 0.3 is 0 Å². The number of nitrogens with zero attached hydrogens (tertiary/aromatic N) is 3. The average Bonchev–Trinajstić information content (AvgIpc) is 3.15. The SMILES string of the molecule is COc1ccc(-n2c(SCC(=O)NCc3ccccn3)nc3ccccc32)cc1. The molecule has 0 saturated carbocycles. The summed E-state index contributed by atoms with van der Waals surface area (Å²) in [5.41, 5.74) is 3.68. The predicted octanol–water partition coefficient (Wildman–Crippen LogP) is 3.84. The molecule has 2 aromatic carbocycles. The molecule has 0 radical (unpaired) electrons. The van der Waals surface area contributed by atoms with Crippen molar-refractivity contribution < 1.29 is 9.53 Å². The van der Waals surface area contributed by atoms with Crippen LogP contribution in [0, 0.1) is 0 Å². The van der Waals surface area contributed by atoms with Crippen LogP contribution in [0.4, 0.5) is 0 Å². The number of benzene rings is 2. The van der Waals surface area contributed by atoms with Gasteiger partial charge in [0.25, 0.3) is 0 Å². The predicted molar refractivity (Wildman–Crippen MR) is 114 cm³/mol. The molecule has 6 nitrogen and oxygen atoms in total. The number of aromatic nitrogens is 3. The molecule has 0 aliphatic carbocycles. The quantitative estimate of drug-likeness (QED) is 0.474. The van der Waals surface area contributed by atoms with Crippen LogP contribution in [0.15, 0.2) is 78.1 Å². The standard InChI is InChI=1S/C22H20N4O2S/c1-28-18-11-9-17(10-12-18)26-20-8-3-2-7-19(20)25-22(26)29-15-21(27)24-14-16-6-4-5-13-23-16/h2-13H,14-15H2,1H3,(H,24,27).